The van der Waals surface area contributed by atoms with Crippen LogP contribution in [-0.4, -0.2) is 24.9 Å². The van der Waals surface area contributed by atoms with E-state index in [0.29, 0.717) is 12.3 Å². The van der Waals surface area contributed by atoms with Crippen molar-refractivity contribution in [2.45, 2.75) is 18.1 Å². The molecule has 0 N–H and O–H groups in total. The fourth-order valence-electron chi connectivity index (χ4n) is 1.07. The molecule has 0 aliphatic rings. The zero-order valence-corrected chi connectivity index (χ0v) is 9.47. The topological polar surface area (TPSA) is 64.1 Å². The van der Waals surface area contributed by atoms with Crippen LogP contribution in [0.2, 0.25) is 0 Å². The van der Waals surface area contributed by atoms with Gasteiger partial charge in [0, 0.05) is 6.20 Å². The summed E-state index contributed by atoms with van der Waals surface area (Å²) in [6.07, 6.45) is -4.15. The molecule has 0 saturated carbocycles. The Morgan fingerprint density at radius 1 is 1.35 bits per heavy atom. The van der Waals surface area contributed by atoms with Gasteiger partial charge in [0.05, 0.1) is 5.56 Å². The number of aromatic nitrogens is 1. The lowest BCUT2D eigenvalue weighted by atomic mass is 10.3. The molecule has 0 unspecified atom stereocenters. The first-order valence-corrected chi connectivity index (χ1v) is 6.03. The molecule has 0 aliphatic carbocycles. The number of sulfone groups is 1. The van der Waals surface area contributed by atoms with Crippen molar-refractivity contribution in [3.63, 3.8) is 0 Å². The second-order valence-corrected chi connectivity index (χ2v) is 5.28. The number of carbonyl (C=O) groups is 1. The van der Waals surface area contributed by atoms with Gasteiger partial charge < -0.3 is 0 Å². The maximum Gasteiger partial charge on any atom is 0.417 e. The Morgan fingerprint density at radius 2 is 1.94 bits per heavy atom. The Balaban J connectivity index is 3.08. The summed E-state index contributed by atoms with van der Waals surface area (Å²) in [7, 11) is -3.95. The summed E-state index contributed by atoms with van der Waals surface area (Å²) >= 11 is 0. The molecule has 0 radical (unpaired) electrons. The summed E-state index contributed by atoms with van der Waals surface area (Å²) in [5, 5.41) is -0.541. The maximum absolute atomic E-state index is 12.2. The van der Waals surface area contributed by atoms with Gasteiger partial charge in [-0.1, -0.05) is 0 Å². The molecular weight excluding hydrogens is 259 g/mol. The van der Waals surface area contributed by atoms with E-state index in [2.05, 4.69) is 4.98 Å². The van der Waals surface area contributed by atoms with Gasteiger partial charge in [-0.15, -0.1) is 0 Å². The highest BCUT2D eigenvalue weighted by Crippen LogP contribution is 2.28. The molecule has 0 amide bonds. The molecule has 0 atom stereocenters. The van der Waals surface area contributed by atoms with Crippen molar-refractivity contribution in [1.82, 2.24) is 4.98 Å². The molecule has 4 nitrogen and oxygen atoms in total. The Hall–Kier alpha value is -1.44. The molecule has 0 bridgehead atoms. The van der Waals surface area contributed by atoms with Crippen molar-refractivity contribution in [1.29, 1.82) is 0 Å². The van der Waals surface area contributed by atoms with E-state index in [9.17, 15) is 26.4 Å². The van der Waals surface area contributed by atoms with E-state index in [4.69, 9.17) is 0 Å². The smallest absolute Gasteiger partial charge is 0.299 e. The van der Waals surface area contributed by atoms with E-state index in [-0.39, 0.29) is 0 Å². The Labute approximate surface area is 95.4 Å². The lowest BCUT2D eigenvalue weighted by Gasteiger charge is -2.06. The average Bonchev–Trinajstić information content (AvgIpc) is 2.14. The van der Waals surface area contributed by atoms with Crippen LogP contribution >= 0.6 is 0 Å². The van der Waals surface area contributed by atoms with Crippen molar-refractivity contribution in [3.05, 3.63) is 23.9 Å². The minimum absolute atomic E-state index is 0.424. The number of hydrogen-bond donors (Lipinski definition) is 0. The number of nitrogens with zero attached hydrogens (tertiary/aromatic N) is 1. The van der Waals surface area contributed by atoms with Crippen LogP contribution in [0.5, 0.6) is 0 Å². The fraction of sp³-hybridized carbons (Fsp3) is 0.333. The average molecular weight is 267 g/mol. The summed E-state index contributed by atoms with van der Waals surface area (Å²) in [5.74, 6) is -1.38. The number of hydrogen-bond acceptors (Lipinski definition) is 4. The van der Waals surface area contributed by atoms with E-state index in [1.807, 2.05) is 0 Å². The zero-order chi connectivity index (χ0) is 13.3. The number of Topliss-reactive ketones (excluding diaryl/α,β-unsaturated/α-hetero) is 1. The maximum atomic E-state index is 12.2. The monoisotopic (exact) mass is 267 g/mol. The van der Waals surface area contributed by atoms with E-state index in [1.165, 1.54) is 0 Å². The second-order valence-electron chi connectivity index (χ2n) is 3.34. The lowest BCUT2D eigenvalue weighted by molar-refractivity contribution is -0.137. The zero-order valence-electron chi connectivity index (χ0n) is 8.65. The molecule has 0 aromatic carbocycles. The molecule has 1 aromatic heterocycles. The van der Waals surface area contributed by atoms with Crippen LogP contribution in [-0.2, 0) is 20.8 Å². The minimum Gasteiger partial charge on any atom is -0.299 e. The van der Waals surface area contributed by atoms with Gasteiger partial charge in [-0.3, -0.25) is 4.79 Å². The third-order valence-corrected chi connectivity index (χ3v) is 3.44. The molecule has 1 heterocycles. The number of pyridine rings is 1. The van der Waals surface area contributed by atoms with Gasteiger partial charge in [0.1, 0.15) is 11.5 Å². The number of carbonyl (C=O) groups excluding carboxylic acids is 1. The van der Waals surface area contributed by atoms with Gasteiger partial charge in [-0.25, -0.2) is 13.4 Å². The number of ketones is 1. The lowest BCUT2D eigenvalue weighted by Crippen LogP contribution is -2.15. The largest absolute Gasteiger partial charge is 0.417 e. The van der Waals surface area contributed by atoms with Crippen LogP contribution in [0, 0.1) is 0 Å². The van der Waals surface area contributed by atoms with Gasteiger partial charge >= 0.3 is 6.18 Å². The Bertz CT molecular complexity index is 519. The van der Waals surface area contributed by atoms with E-state index < -0.39 is 38.1 Å². The van der Waals surface area contributed by atoms with Crippen molar-refractivity contribution in [3.8, 4) is 0 Å². The van der Waals surface area contributed by atoms with Crippen LogP contribution < -0.4 is 0 Å². The number of rotatable bonds is 3. The van der Waals surface area contributed by atoms with Crippen LogP contribution in [0.1, 0.15) is 12.5 Å². The standard InChI is InChI=1S/C9H8F3NO3S/c1-6(14)5-17(15,16)8-3-2-7(4-13-8)9(10,11)12/h2-4H,5H2,1H3. The molecule has 1 aromatic rings. The predicted molar refractivity (Wildman–Crippen MR) is 52.0 cm³/mol. The highest BCUT2D eigenvalue weighted by Gasteiger charge is 2.31. The van der Waals surface area contributed by atoms with Crippen molar-refractivity contribution < 1.29 is 26.4 Å². The second kappa shape index (κ2) is 4.44. The highest BCUT2D eigenvalue weighted by molar-refractivity contribution is 7.92. The molecule has 8 heteroatoms. The van der Waals surface area contributed by atoms with Gasteiger partial charge in [0.15, 0.2) is 5.03 Å². The third-order valence-electron chi connectivity index (χ3n) is 1.78. The molecule has 94 valence electrons. The van der Waals surface area contributed by atoms with E-state index in [0.717, 1.165) is 13.0 Å². The van der Waals surface area contributed by atoms with Crippen LogP contribution in [0.15, 0.2) is 23.4 Å². The van der Waals surface area contributed by atoms with Gasteiger partial charge in [0.25, 0.3) is 0 Å². The minimum atomic E-state index is -4.57. The molecule has 0 spiro atoms. The van der Waals surface area contributed by atoms with Crippen molar-refractivity contribution in [2.75, 3.05) is 5.75 Å². The van der Waals surface area contributed by atoms with Gasteiger partial charge in [-0.2, -0.15) is 13.2 Å². The van der Waals surface area contributed by atoms with Crippen LogP contribution in [0.25, 0.3) is 0 Å². The fourth-order valence-corrected chi connectivity index (χ4v) is 2.25. The van der Waals surface area contributed by atoms with Crippen molar-refractivity contribution >= 4 is 15.6 Å². The molecule has 0 fully saturated rings. The van der Waals surface area contributed by atoms with Crippen LogP contribution in [0.3, 0.4) is 0 Å². The van der Waals surface area contributed by atoms with Gasteiger partial charge in [-0.05, 0) is 19.1 Å². The van der Waals surface area contributed by atoms with Gasteiger partial charge in [0.2, 0.25) is 9.84 Å². The summed E-state index contributed by atoms with van der Waals surface area (Å²) < 4.78 is 59.4. The highest BCUT2D eigenvalue weighted by atomic mass is 32.2. The molecule has 17 heavy (non-hydrogen) atoms. The number of halogens is 3. The molecule has 1 rings (SSSR count). The van der Waals surface area contributed by atoms with E-state index >= 15 is 0 Å². The summed E-state index contributed by atoms with van der Waals surface area (Å²) in [4.78, 5) is 13.9. The Kier molecular flexibility index (Phi) is 3.56. The van der Waals surface area contributed by atoms with E-state index in [1.54, 1.807) is 0 Å². The van der Waals surface area contributed by atoms with Crippen molar-refractivity contribution in [2.24, 2.45) is 0 Å². The Morgan fingerprint density at radius 3 is 2.29 bits per heavy atom. The first-order valence-electron chi connectivity index (χ1n) is 4.38. The van der Waals surface area contributed by atoms with Crippen LogP contribution in [0.4, 0.5) is 13.2 Å². The first-order chi connectivity index (χ1) is 7.63. The summed E-state index contributed by atoms with van der Waals surface area (Å²) in [6.45, 7) is 1.07. The third kappa shape index (κ3) is 3.52. The normalized spacial score (nSPS) is 12.5. The first kappa shape index (κ1) is 13.6. The summed E-state index contributed by atoms with van der Waals surface area (Å²) in [6, 6.07) is 1.35. The molecule has 0 aliphatic heterocycles. The predicted octanol–water partition coefficient (Wildman–Crippen LogP) is 1.46. The molecular formula is C9H8F3NO3S. The molecule has 0 saturated heterocycles. The SMILES string of the molecule is CC(=O)CS(=O)(=O)c1ccc(C(F)(F)F)cn1. The summed E-state index contributed by atoms with van der Waals surface area (Å²) in [5.41, 5.74) is -1.04. The quantitative estimate of drug-likeness (QED) is 0.831. The number of alkyl halides is 3.